The van der Waals surface area contributed by atoms with Crippen molar-refractivity contribution in [2.24, 2.45) is 5.41 Å². The summed E-state index contributed by atoms with van der Waals surface area (Å²) < 4.78 is 0. The van der Waals surface area contributed by atoms with E-state index in [0.29, 0.717) is 5.78 Å². The number of hydrogen-bond donors (Lipinski definition) is 0. The summed E-state index contributed by atoms with van der Waals surface area (Å²) >= 11 is 0. The first kappa shape index (κ1) is 13.1. The van der Waals surface area contributed by atoms with Gasteiger partial charge >= 0.3 is 0 Å². The summed E-state index contributed by atoms with van der Waals surface area (Å²) in [6, 6.07) is 10.4. The van der Waals surface area contributed by atoms with Crippen LogP contribution in [0.1, 0.15) is 51.0 Å². The van der Waals surface area contributed by atoms with Crippen LogP contribution >= 0.6 is 0 Å². The predicted molar refractivity (Wildman–Crippen MR) is 76.3 cm³/mol. The first-order valence-corrected chi connectivity index (χ1v) is 6.94. The van der Waals surface area contributed by atoms with E-state index < -0.39 is 0 Å². The standard InChI is InChI=1S/C17H22O/c1-15(18)9-13-17(11-5-6-12-17)14-10-16-7-3-2-4-8-16/h2-4,7-8,10,14H,5-6,9,11-13H2,1H3/b14-10+. The zero-order valence-electron chi connectivity index (χ0n) is 11.2. The lowest BCUT2D eigenvalue weighted by atomic mass is 9.80. The molecule has 0 atom stereocenters. The third-order valence-corrected chi connectivity index (χ3v) is 4.00. The minimum atomic E-state index is 0.279. The smallest absolute Gasteiger partial charge is 0.129 e. The normalized spacial score (nSPS) is 18.3. The molecular formula is C17H22O. The highest BCUT2D eigenvalue weighted by molar-refractivity contribution is 5.75. The molecule has 1 saturated carbocycles. The molecular weight excluding hydrogens is 220 g/mol. The van der Waals surface area contributed by atoms with E-state index in [1.54, 1.807) is 6.92 Å². The number of Topliss-reactive ketones (excluding diaryl/α,β-unsaturated/α-hetero) is 1. The van der Waals surface area contributed by atoms with E-state index in [0.717, 1.165) is 12.8 Å². The second-order valence-corrected chi connectivity index (χ2v) is 5.52. The Morgan fingerprint density at radius 3 is 2.50 bits per heavy atom. The van der Waals surface area contributed by atoms with Crippen LogP contribution < -0.4 is 0 Å². The molecule has 0 radical (unpaired) electrons. The van der Waals surface area contributed by atoms with Gasteiger partial charge in [-0.05, 0) is 37.2 Å². The third-order valence-electron chi connectivity index (χ3n) is 4.00. The second-order valence-electron chi connectivity index (χ2n) is 5.52. The highest BCUT2D eigenvalue weighted by atomic mass is 16.1. The van der Waals surface area contributed by atoms with Crippen molar-refractivity contribution in [1.29, 1.82) is 0 Å². The molecule has 1 fully saturated rings. The van der Waals surface area contributed by atoms with Gasteiger partial charge in [0.25, 0.3) is 0 Å². The minimum Gasteiger partial charge on any atom is -0.300 e. The Bertz CT molecular complexity index is 410. The van der Waals surface area contributed by atoms with Crippen molar-refractivity contribution < 1.29 is 4.79 Å². The van der Waals surface area contributed by atoms with E-state index in [1.165, 1.54) is 31.2 Å². The summed E-state index contributed by atoms with van der Waals surface area (Å²) in [5, 5.41) is 0. The van der Waals surface area contributed by atoms with Gasteiger partial charge in [-0.25, -0.2) is 0 Å². The fourth-order valence-electron chi connectivity index (χ4n) is 2.84. The van der Waals surface area contributed by atoms with Gasteiger partial charge < -0.3 is 4.79 Å². The molecule has 0 aromatic heterocycles. The van der Waals surface area contributed by atoms with Gasteiger partial charge in [0.15, 0.2) is 0 Å². The molecule has 0 heterocycles. The lowest BCUT2D eigenvalue weighted by Gasteiger charge is -2.24. The molecule has 1 heteroatoms. The third kappa shape index (κ3) is 3.56. The van der Waals surface area contributed by atoms with Gasteiger partial charge in [0.1, 0.15) is 5.78 Å². The Hall–Kier alpha value is -1.37. The van der Waals surface area contributed by atoms with Crippen LogP contribution in [0.4, 0.5) is 0 Å². The van der Waals surface area contributed by atoms with E-state index in [-0.39, 0.29) is 5.41 Å². The van der Waals surface area contributed by atoms with Crippen molar-refractivity contribution in [3.63, 3.8) is 0 Å². The van der Waals surface area contributed by atoms with Crippen molar-refractivity contribution in [2.45, 2.75) is 45.4 Å². The van der Waals surface area contributed by atoms with Gasteiger partial charge in [0.2, 0.25) is 0 Å². The molecule has 0 saturated heterocycles. The van der Waals surface area contributed by atoms with Gasteiger partial charge in [-0.1, -0.05) is 55.3 Å². The summed E-state index contributed by atoms with van der Waals surface area (Å²) in [6.07, 6.45) is 11.4. The van der Waals surface area contributed by atoms with Crippen LogP contribution in [-0.2, 0) is 4.79 Å². The zero-order chi connectivity index (χ0) is 12.8. The van der Waals surface area contributed by atoms with Crippen LogP contribution in [0.5, 0.6) is 0 Å². The molecule has 0 bridgehead atoms. The Kier molecular flexibility index (Phi) is 4.35. The first-order chi connectivity index (χ1) is 8.70. The van der Waals surface area contributed by atoms with Crippen LogP contribution in [-0.4, -0.2) is 5.78 Å². The maximum absolute atomic E-state index is 11.2. The van der Waals surface area contributed by atoms with Crippen molar-refractivity contribution in [1.82, 2.24) is 0 Å². The molecule has 1 aliphatic rings. The summed E-state index contributed by atoms with van der Waals surface area (Å²) in [5.74, 6) is 0.314. The highest BCUT2D eigenvalue weighted by Gasteiger charge is 2.30. The SMILES string of the molecule is CC(=O)CCC1(/C=C/c2ccccc2)CCCC1. The van der Waals surface area contributed by atoms with Crippen LogP contribution in [0.2, 0.25) is 0 Å². The summed E-state index contributed by atoms with van der Waals surface area (Å²) in [5.41, 5.74) is 1.54. The average molecular weight is 242 g/mol. The number of carbonyl (C=O) groups excluding carboxylic acids is 1. The molecule has 2 rings (SSSR count). The van der Waals surface area contributed by atoms with Crippen LogP contribution in [0.25, 0.3) is 6.08 Å². The summed E-state index contributed by atoms with van der Waals surface area (Å²) in [4.78, 5) is 11.2. The zero-order valence-corrected chi connectivity index (χ0v) is 11.2. The minimum absolute atomic E-state index is 0.279. The number of benzene rings is 1. The maximum Gasteiger partial charge on any atom is 0.129 e. The van der Waals surface area contributed by atoms with Crippen LogP contribution in [0.3, 0.4) is 0 Å². The summed E-state index contributed by atoms with van der Waals surface area (Å²) in [7, 11) is 0. The first-order valence-electron chi connectivity index (χ1n) is 6.94. The van der Waals surface area contributed by atoms with Crippen molar-refractivity contribution in [3.8, 4) is 0 Å². The van der Waals surface area contributed by atoms with E-state index in [9.17, 15) is 4.79 Å². The van der Waals surface area contributed by atoms with Gasteiger partial charge in [0, 0.05) is 6.42 Å². The number of carbonyl (C=O) groups is 1. The molecule has 1 nitrogen and oxygen atoms in total. The Labute approximate surface area is 110 Å². The number of allylic oxidation sites excluding steroid dienone is 1. The number of hydrogen-bond acceptors (Lipinski definition) is 1. The van der Waals surface area contributed by atoms with Crippen molar-refractivity contribution in [2.75, 3.05) is 0 Å². The Balaban J connectivity index is 2.06. The Morgan fingerprint density at radius 2 is 1.89 bits per heavy atom. The highest BCUT2D eigenvalue weighted by Crippen LogP contribution is 2.43. The van der Waals surface area contributed by atoms with Gasteiger partial charge in [-0.2, -0.15) is 0 Å². The van der Waals surface area contributed by atoms with E-state index in [4.69, 9.17) is 0 Å². The molecule has 0 aliphatic heterocycles. The molecule has 1 aromatic carbocycles. The second kappa shape index (κ2) is 5.99. The lowest BCUT2D eigenvalue weighted by molar-refractivity contribution is -0.117. The fourth-order valence-corrected chi connectivity index (χ4v) is 2.84. The molecule has 18 heavy (non-hydrogen) atoms. The number of ketones is 1. The molecule has 0 amide bonds. The molecule has 0 spiro atoms. The quantitative estimate of drug-likeness (QED) is 0.735. The van der Waals surface area contributed by atoms with Gasteiger partial charge in [-0.3, -0.25) is 0 Å². The lowest BCUT2D eigenvalue weighted by Crippen LogP contribution is -2.14. The molecule has 1 aliphatic carbocycles. The van der Waals surface area contributed by atoms with E-state index in [1.807, 2.05) is 6.07 Å². The largest absolute Gasteiger partial charge is 0.300 e. The predicted octanol–water partition coefficient (Wildman–Crippen LogP) is 4.63. The van der Waals surface area contributed by atoms with Gasteiger partial charge in [0.05, 0.1) is 0 Å². The number of rotatable bonds is 5. The molecule has 0 N–H and O–H groups in total. The van der Waals surface area contributed by atoms with Gasteiger partial charge in [-0.15, -0.1) is 0 Å². The molecule has 96 valence electrons. The molecule has 1 aromatic rings. The fraction of sp³-hybridized carbons (Fsp3) is 0.471. The topological polar surface area (TPSA) is 17.1 Å². The maximum atomic E-state index is 11.2. The van der Waals surface area contributed by atoms with E-state index >= 15 is 0 Å². The van der Waals surface area contributed by atoms with E-state index in [2.05, 4.69) is 36.4 Å². The van der Waals surface area contributed by atoms with Crippen LogP contribution in [0, 0.1) is 5.41 Å². The van der Waals surface area contributed by atoms with Crippen molar-refractivity contribution in [3.05, 3.63) is 42.0 Å². The summed E-state index contributed by atoms with van der Waals surface area (Å²) in [6.45, 7) is 1.70. The van der Waals surface area contributed by atoms with Crippen LogP contribution in [0.15, 0.2) is 36.4 Å². The Morgan fingerprint density at radius 1 is 1.22 bits per heavy atom. The van der Waals surface area contributed by atoms with Crippen molar-refractivity contribution >= 4 is 11.9 Å². The average Bonchev–Trinajstić information content (AvgIpc) is 2.85. The monoisotopic (exact) mass is 242 g/mol. The molecule has 0 unspecified atom stereocenters.